The molecule has 1 aromatic rings. The standard InChI is InChI=1S/C14H20N2O5/c1-7-4-16(5-10(6-17)21-7)13(18)11-8(2)12(14(19)20)15-9(11)3/h7,10,15,17H,4-6H2,1-3H3,(H,19,20). The van der Waals surface area contributed by atoms with E-state index in [0.717, 1.165) is 0 Å². The Balaban J connectivity index is 2.30. The largest absolute Gasteiger partial charge is 0.477 e. The van der Waals surface area contributed by atoms with Gasteiger partial charge in [-0.05, 0) is 26.3 Å². The molecular formula is C14H20N2O5. The highest BCUT2D eigenvalue weighted by Gasteiger charge is 2.31. The van der Waals surface area contributed by atoms with Crippen LogP contribution in [0.5, 0.6) is 0 Å². The van der Waals surface area contributed by atoms with E-state index in [-0.39, 0.29) is 24.3 Å². The third-order valence-corrected chi connectivity index (χ3v) is 3.68. The zero-order chi connectivity index (χ0) is 15.7. The predicted octanol–water partition coefficient (Wildman–Crippen LogP) is 0.552. The lowest BCUT2D eigenvalue weighted by Gasteiger charge is -2.36. The molecule has 21 heavy (non-hydrogen) atoms. The maximum absolute atomic E-state index is 12.7. The van der Waals surface area contributed by atoms with E-state index in [9.17, 15) is 14.7 Å². The van der Waals surface area contributed by atoms with E-state index in [1.165, 1.54) is 0 Å². The van der Waals surface area contributed by atoms with Gasteiger partial charge < -0.3 is 24.8 Å². The summed E-state index contributed by atoms with van der Waals surface area (Å²) in [7, 11) is 0. The molecule has 3 N–H and O–H groups in total. The SMILES string of the molecule is Cc1[nH]c(C(=O)O)c(C)c1C(=O)N1CC(C)OC(CO)C1. The molecule has 1 saturated heterocycles. The second-order valence-electron chi connectivity index (χ2n) is 5.39. The number of aromatic amines is 1. The molecule has 116 valence electrons. The summed E-state index contributed by atoms with van der Waals surface area (Å²) in [6, 6.07) is 0. The van der Waals surface area contributed by atoms with Gasteiger partial charge in [-0.2, -0.15) is 0 Å². The number of hydrogen-bond donors (Lipinski definition) is 3. The maximum Gasteiger partial charge on any atom is 0.352 e. The summed E-state index contributed by atoms with van der Waals surface area (Å²) in [5, 5.41) is 18.3. The summed E-state index contributed by atoms with van der Waals surface area (Å²) in [6.45, 7) is 5.70. The van der Waals surface area contributed by atoms with E-state index in [2.05, 4.69) is 4.98 Å². The fourth-order valence-electron chi connectivity index (χ4n) is 2.75. The Morgan fingerprint density at radius 1 is 1.38 bits per heavy atom. The Morgan fingerprint density at radius 3 is 2.57 bits per heavy atom. The van der Waals surface area contributed by atoms with Gasteiger partial charge in [0.15, 0.2) is 0 Å². The van der Waals surface area contributed by atoms with Crippen molar-refractivity contribution in [3.63, 3.8) is 0 Å². The molecule has 0 bridgehead atoms. The minimum atomic E-state index is -1.08. The smallest absolute Gasteiger partial charge is 0.352 e. The van der Waals surface area contributed by atoms with Crippen LogP contribution in [-0.2, 0) is 4.74 Å². The molecule has 0 saturated carbocycles. The summed E-state index contributed by atoms with van der Waals surface area (Å²) in [5.74, 6) is -1.32. The topological polar surface area (TPSA) is 103 Å². The van der Waals surface area contributed by atoms with Crippen molar-refractivity contribution in [3.8, 4) is 0 Å². The number of carboxylic acids is 1. The van der Waals surface area contributed by atoms with Gasteiger partial charge >= 0.3 is 5.97 Å². The highest BCUT2D eigenvalue weighted by atomic mass is 16.5. The number of morpholine rings is 1. The van der Waals surface area contributed by atoms with E-state index in [0.29, 0.717) is 29.9 Å². The first-order valence-electron chi connectivity index (χ1n) is 6.83. The molecule has 0 radical (unpaired) electrons. The van der Waals surface area contributed by atoms with E-state index in [1.807, 2.05) is 6.92 Å². The summed E-state index contributed by atoms with van der Waals surface area (Å²) < 4.78 is 5.51. The fourth-order valence-corrected chi connectivity index (χ4v) is 2.75. The zero-order valence-corrected chi connectivity index (χ0v) is 12.3. The van der Waals surface area contributed by atoms with Gasteiger partial charge in [0, 0.05) is 18.8 Å². The van der Waals surface area contributed by atoms with Crippen LogP contribution < -0.4 is 0 Å². The van der Waals surface area contributed by atoms with Crippen molar-refractivity contribution in [1.82, 2.24) is 9.88 Å². The number of aliphatic hydroxyl groups excluding tert-OH is 1. The molecule has 1 amide bonds. The third kappa shape index (κ3) is 2.93. The molecule has 0 aromatic carbocycles. The van der Waals surface area contributed by atoms with Crippen LogP contribution in [0.2, 0.25) is 0 Å². The van der Waals surface area contributed by atoms with Gasteiger partial charge in [0.25, 0.3) is 5.91 Å². The first kappa shape index (κ1) is 15.5. The number of aromatic carboxylic acids is 1. The molecule has 1 fully saturated rings. The molecule has 1 aliphatic rings. The molecule has 2 unspecified atom stereocenters. The van der Waals surface area contributed by atoms with Crippen molar-refractivity contribution in [2.75, 3.05) is 19.7 Å². The number of aryl methyl sites for hydroxylation is 1. The number of nitrogens with one attached hydrogen (secondary N) is 1. The monoisotopic (exact) mass is 296 g/mol. The second kappa shape index (κ2) is 5.87. The van der Waals surface area contributed by atoms with Crippen LogP contribution in [0, 0.1) is 13.8 Å². The number of rotatable bonds is 3. The number of H-pyrrole nitrogens is 1. The average Bonchev–Trinajstić information content (AvgIpc) is 2.72. The van der Waals surface area contributed by atoms with Crippen LogP contribution in [0.15, 0.2) is 0 Å². The normalized spacial score (nSPS) is 22.4. The molecule has 2 heterocycles. The van der Waals surface area contributed by atoms with E-state index >= 15 is 0 Å². The van der Waals surface area contributed by atoms with Crippen LogP contribution in [0.1, 0.15) is 39.0 Å². The highest BCUT2D eigenvalue weighted by Crippen LogP contribution is 2.22. The number of carboxylic acid groups (broad SMARTS) is 1. The van der Waals surface area contributed by atoms with Gasteiger partial charge in [0.05, 0.1) is 24.4 Å². The lowest BCUT2D eigenvalue weighted by molar-refractivity contribution is -0.0858. The summed E-state index contributed by atoms with van der Waals surface area (Å²) in [4.78, 5) is 28.1. The predicted molar refractivity (Wildman–Crippen MR) is 74.6 cm³/mol. The average molecular weight is 296 g/mol. The van der Waals surface area contributed by atoms with Crippen molar-refractivity contribution >= 4 is 11.9 Å². The Bertz CT molecular complexity index is 566. The fraction of sp³-hybridized carbons (Fsp3) is 0.571. The number of hydrogen-bond acceptors (Lipinski definition) is 4. The Labute approximate surface area is 122 Å². The number of carbonyl (C=O) groups is 2. The highest BCUT2D eigenvalue weighted by molar-refractivity contribution is 6.00. The van der Waals surface area contributed by atoms with Gasteiger partial charge in [-0.3, -0.25) is 4.79 Å². The number of nitrogens with zero attached hydrogens (tertiary/aromatic N) is 1. The van der Waals surface area contributed by atoms with E-state index in [1.54, 1.807) is 18.7 Å². The quantitative estimate of drug-likeness (QED) is 0.756. The molecule has 1 aromatic heterocycles. The van der Waals surface area contributed by atoms with Gasteiger partial charge in [0.1, 0.15) is 5.69 Å². The van der Waals surface area contributed by atoms with Crippen LogP contribution in [0.3, 0.4) is 0 Å². The van der Waals surface area contributed by atoms with E-state index in [4.69, 9.17) is 9.84 Å². The molecule has 7 heteroatoms. The van der Waals surface area contributed by atoms with Gasteiger partial charge in [-0.25, -0.2) is 4.79 Å². The summed E-state index contributed by atoms with van der Waals surface area (Å²) >= 11 is 0. The van der Waals surface area contributed by atoms with Crippen molar-refractivity contribution < 1.29 is 24.5 Å². The Kier molecular flexibility index (Phi) is 4.34. The van der Waals surface area contributed by atoms with Crippen LogP contribution in [0.4, 0.5) is 0 Å². The van der Waals surface area contributed by atoms with Crippen molar-refractivity contribution in [2.24, 2.45) is 0 Å². The number of amides is 1. The molecular weight excluding hydrogens is 276 g/mol. The van der Waals surface area contributed by atoms with Crippen LogP contribution in [-0.4, -0.2) is 63.9 Å². The van der Waals surface area contributed by atoms with Crippen molar-refractivity contribution in [2.45, 2.75) is 33.0 Å². The Morgan fingerprint density at radius 2 is 2.05 bits per heavy atom. The lowest BCUT2D eigenvalue weighted by atomic mass is 10.1. The van der Waals surface area contributed by atoms with Gasteiger partial charge in [-0.15, -0.1) is 0 Å². The van der Waals surface area contributed by atoms with E-state index < -0.39 is 12.1 Å². The molecule has 2 atom stereocenters. The van der Waals surface area contributed by atoms with Crippen LogP contribution >= 0.6 is 0 Å². The van der Waals surface area contributed by atoms with Crippen molar-refractivity contribution in [1.29, 1.82) is 0 Å². The minimum Gasteiger partial charge on any atom is -0.477 e. The van der Waals surface area contributed by atoms with Crippen LogP contribution in [0.25, 0.3) is 0 Å². The lowest BCUT2D eigenvalue weighted by Crippen LogP contribution is -2.50. The number of carbonyl (C=O) groups excluding carboxylic acids is 1. The minimum absolute atomic E-state index is 0.0378. The first-order valence-corrected chi connectivity index (χ1v) is 6.83. The van der Waals surface area contributed by atoms with Crippen molar-refractivity contribution in [3.05, 3.63) is 22.5 Å². The van der Waals surface area contributed by atoms with Gasteiger partial charge in [0.2, 0.25) is 0 Å². The molecule has 7 nitrogen and oxygen atoms in total. The summed E-state index contributed by atoms with van der Waals surface area (Å²) in [5.41, 5.74) is 1.40. The maximum atomic E-state index is 12.7. The first-order chi connectivity index (χ1) is 9.85. The molecule has 2 rings (SSSR count). The molecule has 1 aliphatic heterocycles. The summed E-state index contributed by atoms with van der Waals surface area (Å²) in [6.07, 6.45) is -0.574. The number of aliphatic hydroxyl groups is 1. The van der Waals surface area contributed by atoms with Gasteiger partial charge in [-0.1, -0.05) is 0 Å². The zero-order valence-electron chi connectivity index (χ0n) is 12.3. The Hall–Kier alpha value is -1.86. The number of ether oxygens (including phenoxy) is 1. The third-order valence-electron chi connectivity index (χ3n) is 3.68. The number of aromatic nitrogens is 1. The molecule has 0 aliphatic carbocycles. The molecule has 0 spiro atoms. The second-order valence-corrected chi connectivity index (χ2v) is 5.39.